The summed E-state index contributed by atoms with van der Waals surface area (Å²) >= 11 is 0. The number of hydrogen-bond donors (Lipinski definition) is 8. The number of aromatic nitrogens is 1. The number of nitrogens with zero attached hydrogens (tertiary/aromatic N) is 2. The third-order valence-electron chi connectivity index (χ3n) is 11.6. The van der Waals surface area contributed by atoms with Crippen molar-refractivity contribution in [2.75, 3.05) is 20.2 Å². The van der Waals surface area contributed by atoms with Gasteiger partial charge < -0.3 is 57.3 Å². The molecule has 1 aliphatic carbocycles. The molecule has 10 N–H and O–H groups in total. The Labute approximate surface area is 329 Å². The van der Waals surface area contributed by atoms with Crippen molar-refractivity contribution >= 4 is 41.1 Å². The van der Waals surface area contributed by atoms with Crippen LogP contribution in [0.2, 0.25) is 0 Å². The molecule has 0 spiro atoms. The highest BCUT2D eigenvalue weighted by Crippen LogP contribution is 2.46. The van der Waals surface area contributed by atoms with Crippen LogP contribution in [0.15, 0.2) is 65.3 Å². The summed E-state index contributed by atoms with van der Waals surface area (Å²) in [5.41, 5.74) is 17.0. The van der Waals surface area contributed by atoms with Crippen molar-refractivity contribution < 1.29 is 29.7 Å². The molecule has 0 fully saturated rings. The number of rotatable bonds is 23. The second kappa shape index (κ2) is 21.1. The molecule has 3 aromatic rings. The normalized spacial score (nSPS) is 21.9. The maximum atomic E-state index is 12.5. The van der Waals surface area contributed by atoms with E-state index < -0.39 is 30.2 Å². The Bertz CT molecular complexity index is 1800. The number of aliphatic hydroxyl groups is 2. The molecule has 0 amide bonds. The van der Waals surface area contributed by atoms with Crippen LogP contribution in [-0.2, 0) is 27.2 Å². The number of fused-ring (bicyclic) bond motifs is 2. The molecule has 304 valence electrons. The summed E-state index contributed by atoms with van der Waals surface area (Å²) in [4.78, 5) is 43.4. The second-order valence-electron chi connectivity index (χ2n) is 15.6. The van der Waals surface area contributed by atoms with Crippen LogP contribution in [0.4, 0.5) is 5.82 Å². The fraction of sp³-hybridized carbons (Fsp3) is 0.535. The predicted molar refractivity (Wildman–Crippen MR) is 220 cm³/mol. The van der Waals surface area contributed by atoms with Crippen LogP contribution in [0.25, 0.3) is 16.1 Å². The first-order valence-electron chi connectivity index (χ1n) is 20.1. The highest BCUT2D eigenvalue weighted by atomic mass is 16.4. The number of guanidine groups is 1. The number of carboxylic acid groups (broad SMARTS) is 1. The van der Waals surface area contributed by atoms with Crippen LogP contribution in [0.3, 0.4) is 0 Å². The van der Waals surface area contributed by atoms with Gasteiger partial charge in [0, 0.05) is 37.6 Å². The standard InChI is InChI=1S/C43H60N7O6/c1-46-25-40(54)39-24-38(49-43(45)50-39)36(23-42(55)56)37(48-41-8-3-16-47-41)22-31-13-12-30-20-29-11-9-27(15-18-52)19-32(29)21-35(30)34(31)7-2-6-33(44)14-10-28(26-53)5-4-17-51/h3,8-9,11,16,18-21,23,26,28,31,33-34,37-40,46-47,51,54H,2,4-7,10,12-15,17,22,24-25,44H2,1H3,(H,55,56)(H3,45,49,50)/q-1/b36-23-/t28-,31-,33+,34-,37+,38+,39-,40+/m1/s1. The van der Waals surface area contributed by atoms with E-state index in [9.17, 15) is 29.7 Å². The largest absolute Gasteiger partial charge is 0.478 e. The molecule has 13 heteroatoms. The summed E-state index contributed by atoms with van der Waals surface area (Å²) < 4.78 is 0. The number of aryl methyl sites for hydroxylation is 1. The van der Waals surface area contributed by atoms with E-state index in [1.54, 1.807) is 13.2 Å². The Balaban J connectivity index is 1.47. The summed E-state index contributed by atoms with van der Waals surface area (Å²) in [5.74, 6) is -0.181. The maximum Gasteiger partial charge on any atom is 0.328 e. The van der Waals surface area contributed by atoms with Gasteiger partial charge in [-0.2, -0.15) is 0 Å². The van der Waals surface area contributed by atoms with Gasteiger partial charge in [-0.3, -0.25) is 0 Å². The number of carbonyl (C=O) groups excluding carboxylic acids is 2. The van der Waals surface area contributed by atoms with Crippen LogP contribution in [0.5, 0.6) is 0 Å². The molecule has 8 atom stereocenters. The minimum absolute atomic E-state index is 0.0641. The van der Waals surface area contributed by atoms with E-state index in [1.807, 2.05) is 18.2 Å². The Morgan fingerprint density at radius 2 is 1.95 bits per heavy atom. The first kappa shape index (κ1) is 42.6. The minimum Gasteiger partial charge on any atom is -0.478 e. The van der Waals surface area contributed by atoms with Crippen LogP contribution >= 0.6 is 0 Å². The van der Waals surface area contributed by atoms with Crippen LogP contribution in [0.1, 0.15) is 86.8 Å². The van der Waals surface area contributed by atoms with Crippen LogP contribution < -0.4 is 22.1 Å². The molecule has 0 unspecified atom stereocenters. The molecule has 13 nitrogen and oxygen atoms in total. The predicted octanol–water partition coefficient (Wildman–Crippen LogP) is 4.52. The smallest absolute Gasteiger partial charge is 0.328 e. The Morgan fingerprint density at radius 1 is 1.11 bits per heavy atom. The van der Waals surface area contributed by atoms with E-state index >= 15 is 0 Å². The number of aliphatic imine (C=N–C) groups is 1. The van der Waals surface area contributed by atoms with Gasteiger partial charge in [-0.25, -0.2) is 9.79 Å². The number of H-pyrrole nitrogens is 1. The Hall–Kier alpha value is -4.56. The van der Waals surface area contributed by atoms with E-state index in [4.69, 9.17) is 16.8 Å². The molecular formula is C43H60N7O6-. The molecule has 2 aliphatic rings. The number of benzene rings is 2. The molecule has 5 rings (SSSR count). The Kier molecular flexibility index (Phi) is 16.0. The molecule has 0 bridgehead atoms. The lowest BCUT2D eigenvalue weighted by Crippen LogP contribution is -2.54. The summed E-state index contributed by atoms with van der Waals surface area (Å²) in [7, 11) is 1.76. The lowest BCUT2D eigenvalue weighted by Gasteiger charge is -2.41. The number of nitrogens with one attached hydrogen (secondary N) is 3. The first-order chi connectivity index (χ1) is 27.1. The van der Waals surface area contributed by atoms with Gasteiger partial charge >= 0.3 is 5.97 Å². The third kappa shape index (κ3) is 11.7. The van der Waals surface area contributed by atoms with E-state index in [0.717, 1.165) is 67.4 Å². The third-order valence-corrected chi connectivity index (χ3v) is 11.6. The number of aromatic amines is 1. The van der Waals surface area contributed by atoms with Crippen LogP contribution in [0, 0.1) is 11.8 Å². The zero-order valence-corrected chi connectivity index (χ0v) is 32.5. The van der Waals surface area contributed by atoms with Crippen molar-refractivity contribution in [2.24, 2.45) is 28.3 Å². The van der Waals surface area contributed by atoms with Crippen molar-refractivity contribution in [3.05, 3.63) is 82.3 Å². The number of likely N-dealkylation sites (N-methyl/N-ethyl adjacent to an activating group) is 1. The van der Waals surface area contributed by atoms with Crippen molar-refractivity contribution in [1.82, 2.24) is 15.6 Å². The average Bonchev–Trinajstić information content (AvgIpc) is 3.70. The van der Waals surface area contributed by atoms with Crippen LogP contribution in [-0.4, -0.2) is 95.3 Å². The quantitative estimate of drug-likeness (QED) is 0.0496. The van der Waals surface area contributed by atoms with Gasteiger partial charge in [-0.1, -0.05) is 60.9 Å². The number of aliphatic carboxylic acids is 1. The van der Waals surface area contributed by atoms with E-state index in [-0.39, 0.29) is 36.4 Å². The zero-order valence-electron chi connectivity index (χ0n) is 32.5. The highest BCUT2D eigenvalue weighted by molar-refractivity contribution is 5.86. The molecule has 0 radical (unpaired) electrons. The number of aldehydes is 2. The van der Waals surface area contributed by atoms with E-state index in [2.05, 4.69) is 44.9 Å². The van der Waals surface area contributed by atoms with Gasteiger partial charge in [-0.15, -0.1) is 0 Å². The maximum absolute atomic E-state index is 12.5. The molecule has 0 saturated carbocycles. The van der Waals surface area contributed by atoms with Crippen molar-refractivity contribution in [2.45, 2.75) is 113 Å². The topological polar surface area (TPSA) is 230 Å². The summed E-state index contributed by atoms with van der Waals surface area (Å²) in [5, 5.41) is 43.8. The zero-order chi connectivity index (χ0) is 40.0. The SMILES string of the molecule is CNC[C@H](O)[C@H]1C[C@@H](/C(=C\C(=O)O)[C@H](C[C@H]2CCc3cc4ccc(CC=O)cc4cc3[C@@H]2CCC[C@H](N)CC[C@H](C=O)CCCO)[N-]c2ccc[nH]2)N=C(N)N1. The molecule has 0 saturated heterocycles. The first-order valence-corrected chi connectivity index (χ1v) is 20.1. The lowest BCUT2D eigenvalue weighted by atomic mass is 9.69. The number of hydrogen-bond acceptors (Lipinski definition) is 10. The molecule has 1 aromatic heterocycles. The number of nitrogens with two attached hydrogens (primary N) is 2. The molecule has 2 heterocycles. The fourth-order valence-electron chi connectivity index (χ4n) is 8.71. The Morgan fingerprint density at radius 3 is 2.66 bits per heavy atom. The van der Waals surface area contributed by atoms with E-state index in [0.29, 0.717) is 56.5 Å². The molecule has 56 heavy (non-hydrogen) atoms. The summed E-state index contributed by atoms with van der Waals surface area (Å²) in [6.07, 6.45) is 12.3. The average molecular weight is 771 g/mol. The highest BCUT2D eigenvalue weighted by Gasteiger charge is 2.36. The van der Waals surface area contributed by atoms with E-state index in [1.165, 1.54) is 17.2 Å². The molecule has 2 aromatic carbocycles. The summed E-state index contributed by atoms with van der Waals surface area (Å²) in [6.45, 7) is 0.395. The van der Waals surface area contributed by atoms with Gasteiger partial charge in [-0.05, 0) is 122 Å². The van der Waals surface area contributed by atoms with Gasteiger partial charge in [0.1, 0.15) is 12.6 Å². The second-order valence-corrected chi connectivity index (χ2v) is 15.6. The number of carboxylic acids is 1. The van der Waals surface area contributed by atoms with Gasteiger partial charge in [0.05, 0.1) is 18.2 Å². The number of aliphatic hydroxyl groups excluding tert-OH is 2. The van der Waals surface area contributed by atoms with Crippen molar-refractivity contribution in [3.8, 4) is 0 Å². The fourth-order valence-corrected chi connectivity index (χ4v) is 8.71. The van der Waals surface area contributed by atoms with Gasteiger partial charge in [0.15, 0.2) is 5.96 Å². The minimum atomic E-state index is -1.10. The monoisotopic (exact) mass is 770 g/mol. The van der Waals surface area contributed by atoms with Gasteiger partial charge in [0.2, 0.25) is 0 Å². The lowest BCUT2D eigenvalue weighted by molar-refractivity contribution is -0.131. The molecule has 1 aliphatic heterocycles. The molecular weight excluding hydrogens is 711 g/mol. The van der Waals surface area contributed by atoms with Crippen molar-refractivity contribution in [1.29, 1.82) is 0 Å². The summed E-state index contributed by atoms with van der Waals surface area (Å²) in [6, 6.07) is 12.8. The van der Waals surface area contributed by atoms with Crippen molar-refractivity contribution in [3.63, 3.8) is 0 Å². The van der Waals surface area contributed by atoms with Gasteiger partial charge in [0.25, 0.3) is 0 Å². The number of carbonyl (C=O) groups is 3.